The molecular formula is C72H56N2O2Si2. The Morgan fingerprint density at radius 2 is 0.679 bits per heavy atom. The van der Waals surface area contributed by atoms with Crippen molar-refractivity contribution in [3.63, 3.8) is 0 Å². The van der Waals surface area contributed by atoms with Crippen LogP contribution in [0.2, 0.25) is 39.3 Å². The summed E-state index contributed by atoms with van der Waals surface area (Å²) in [6.45, 7) is 14.5. The number of aromatic nitrogens is 2. The summed E-state index contributed by atoms with van der Waals surface area (Å²) in [6, 6.07) is 84.9. The zero-order valence-corrected chi connectivity index (χ0v) is 46.7. The van der Waals surface area contributed by atoms with E-state index in [1.807, 2.05) is 0 Å². The van der Waals surface area contributed by atoms with Crippen LogP contribution in [0.3, 0.4) is 0 Å². The summed E-state index contributed by atoms with van der Waals surface area (Å²) in [5.41, 5.74) is 19.9. The smallest absolute Gasteiger partial charge is 0.159 e. The minimum atomic E-state index is -1.90. The molecule has 0 aliphatic rings. The summed E-state index contributed by atoms with van der Waals surface area (Å²) in [5, 5.41) is 12.1. The number of fused-ring (bicyclic) bond motifs is 12. The van der Waals surface area contributed by atoms with Crippen molar-refractivity contribution in [2.24, 2.45) is 0 Å². The van der Waals surface area contributed by atoms with Crippen molar-refractivity contribution >= 4 is 114 Å². The lowest BCUT2D eigenvalue weighted by Crippen LogP contribution is -2.37. The van der Waals surface area contributed by atoms with E-state index in [0.717, 1.165) is 83.2 Å². The largest absolute Gasteiger partial charge is 0.454 e. The van der Waals surface area contributed by atoms with Crippen molar-refractivity contribution in [3.05, 3.63) is 231 Å². The van der Waals surface area contributed by atoms with Gasteiger partial charge in [-0.05, 0) is 116 Å². The van der Waals surface area contributed by atoms with Crippen molar-refractivity contribution in [1.29, 1.82) is 0 Å². The van der Waals surface area contributed by atoms with Crippen molar-refractivity contribution < 1.29 is 8.83 Å². The van der Waals surface area contributed by atoms with Gasteiger partial charge in [0.15, 0.2) is 11.2 Å². The fourth-order valence-electron chi connectivity index (χ4n) is 12.6. The molecule has 4 aromatic heterocycles. The number of hydrogen-bond donors (Lipinski definition) is 0. The quantitative estimate of drug-likeness (QED) is 0.142. The van der Waals surface area contributed by atoms with Crippen LogP contribution in [0.25, 0.3) is 143 Å². The van der Waals surface area contributed by atoms with Crippen molar-refractivity contribution in [2.45, 2.75) is 39.3 Å². The van der Waals surface area contributed by atoms with Crippen LogP contribution in [0.5, 0.6) is 0 Å². The fraction of sp³-hybridized carbons (Fsp3) is 0.0833. The van der Waals surface area contributed by atoms with Crippen molar-refractivity contribution in [3.8, 4) is 55.9 Å². The van der Waals surface area contributed by atoms with Gasteiger partial charge in [0.25, 0.3) is 0 Å². The molecule has 0 aliphatic carbocycles. The Hall–Kier alpha value is -8.95. The van der Waals surface area contributed by atoms with Crippen LogP contribution in [-0.2, 0) is 0 Å². The number of rotatable bonds is 8. The molecule has 0 amide bonds. The Labute approximate surface area is 455 Å². The molecule has 0 saturated heterocycles. The molecule has 0 N–H and O–H groups in total. The molecule has 15 aromatic rings. The molecule has 374 valence electrons. The fourth-order valence-corrected chi connectivity index (χ4v) is 15.6. The van der Waals surface area contributed by atoms with Gasteiger partial charge in [0.05, 0.1) is 49.6 Å². The van der Waals surface area contributed by atoms with Crippen LogP contribution in [0.1, 0.15) is 0 Å². The molecule has 78 heavy (non-hydrogen) atoms. The summed E-state index contributed by atoms with van der Waals surface area (Å²) in [4.78, 5) is 0. The third-order valence-corrected chi connectivity index (χ3v) is 20.4. The Morgan fingerprint density at radius 3 is 1.28 bits per heavy atom. The molecular weight excluding hydrogens is 981 g/mol. The van der Waals surface area contributed by atoms with Gasteiger partial charge in [-0.3, -0.25) is 0 Å². The van der Waals surface area contributed by atoms with Gasteiger partial charge in [-0.25, -0.2) is 0 Å². The highest BCUT2D eigenvalue weighted by Crippen LogP contribution is 2.45. The average molecular weight is 1040 g/mol. The number of benzene rings is 11. The molecule has 15 rings (SSSR count). The topological polar surface area (TPSA) is 36.1 Å². The van der Waals surface area contributed by atoms with E-state index < -0.39 is 16.1 Å². The second-order valence-corrected chi connectivity index (χ2v) is 33.3. The summed E-state index contributed by atoms with van der Waals surface area (Å²) in [6.07, 6.45) is 0. The van der Waals surface area contributed by atoms with E-state index in [9.17, 15) is 0 Å². The molecule has 0 fully saturated rings. The molecule has 0 bridgehead atoms. The van der Waals surface area contributed by atoms with E-state index in [2.05, 4.69) is 279 Å². The van der Waals surface area contributed by atoms with Gasteiger partial charge in [-0.2, -0.15) is 0 Å². The molecule has 0 unspecified atom stereocenters. The van der Waals surface area contributed by atoms with Crippen LogP contribution >= 0.6 is 0 Å². The predicted octanol–water partition coefficient (Wildman–Crippen LogP) is 19.4. The summed E-state index contributed by atoms with van der Waals surface area (Å²) in [7, 11) is -3.61. The van der Waals surface area contributed by atoms with Gasteiger partial charge in [0, 0.05) is 43.1 Å². The van der Waals surface area contributed by atoms with Crippen LogP contribution in [-0.4, -0.2) is 25.3 Å². The summed E-state index contributed by atoms with van der Waals surface area (Å²) < 4.78 is 19.3. The first-order chi connectivity index (χ1) is 38.0. The molecule has 0 spiro atoms. The Balaban J connectivity index is 0.911. The Bertz CT molecular complexity index is 4930. The summed E-state index contributed by atoms with van der Waals surface area (Å²) >= 11 is 0. The third kappa shape index (κ3) is 7.17. The van der Waals surface area contributed by atoms with Crippen LogP contribution < -0.4 is 10.4 Å². The molecule has 0 saturated carbocycles. The number of nitrogens with zero attached hydrogens (tertiary/aromatic N) is 2. The van der Waals surface area contributed by atoms with Gasteiger partial charge in [-0.15, -0.1) is 0 Å². The standard InChI is InChI=1S/C72H56N2O2Si2/c1-77(2,3)66-32-18-27-55-54-26-16-30-64(69(54)75-71(55)66)74-62-38-34-49(46-21-11-8-12-22-46)43-58(62)59-44-50(35-39-63(59)74)47-23-15-24-51(41-47)52-36-40-67(78(4,5)6)72-68(52)56-28-17-31-65(70(56)76-72)73-60-29-14-13-25-53(60)57-42-48(33-37-61(57)73)45-19-9-7-10-20-45/h7-44H,1-6H3. The zero-order valence-electron chi connectivity index (χ0n) is 44.7. The SMILES string of the molecule is C[Si](C)(C)c1cccc2c1oc1c(-n3c4ccc(-c5ccccc5)cc4c4cc(-c5cccc(-c6ccc([Si](C)(C)C)c7oc8c(-n9c%10ccccc%10c%10cc(-c%11ccccc%11)ccc%109)cccc8c67)c5)ccc43)cccc12. The number of hydrogen-bond acceptors (Lipinski definition) is 2. The normalized spacial score (nSPS) is 12.5. The molecule has 11 aromatic carbocycles. The van der Waals surface area contributed by atoms with E-state index >= 15 is 0 Å². The van der Waals surface area contributed by atoms with E-state index in [1.165, 1.54) is 70.5 Å². The van der Waals surface area contributed by atoms with Gasteiger partial charge in [-0.1, -0.05) is 209 Å². The molecule has 0 radical (unpaired) electrons. The van der Waals surface area contributed by atoms with Crippen LogP contribution in [0.15, 0.2) is 239 Å². The maximum absolute atomic E-state index is 7.37. The van der Waals surface area contributed by atoms with E-state index in [4.69, 9.17) is 8.83 Å². The second kappa shape index (κ2) is 17.3. The summed E-state index contributed by atoms with van der Waals surface area (Å²) in [5.74, 6) is 0. The van der Waals surface area contributed by atoms with E-state index in [-0.39, 0.29) is 0 Å². The first-order valence-electron chi connectivity index (χ1n) is 27.2. The molecule has 4 heterocycles. The lowest BCUT2D eigenvalue weighted by Gasteiger charge is -2.18. The maximum Gasteiger partial charge on any atom is 0.159 e. The Kier molecular flexibility index (Phi) is 10.3. The van der Waals surface area contributed by atoms with Gasteiger partial charge in [0.2, 0.25) is 0 Å². The highest BCUT2D eigenvalue weighted by atomic mass is 28.3. The average Bonchev–Trinajstić information content (AvgIpc) is 4.37. The monoisotopic (exact) mass is 1040 g/mol. The molecule has 4 nitrogen and oxygen atoms in total. The lowest BCUT2D eigenvalue weighted by atomic mass is 9.95. The predicted molar refractivity (Wildman–Crippen MR) is 337 cm³/mol. The first kappa shape index (κ1) is 46.4. The van der Waals surface area contributed by atoms with Crippen molar-refractivity contribution in [1.82, 2.24) is 9.13 Å². The van der Waals surface area contributed by atoms with E-state index in [0.29, 0.717) is 0 Å². The first-order valence-corrected chi connectivity index (χ1v) is 34.2. The van der Waals surface area contributed by atoms with Gasteiger partial charge >= 0.3 is 0 Å². The Morgan fingerprint density at radius 1 is 0.269 bits per heavy atom. The van der Waals surface area contributed by atoms with Crippen LogP contribution in [0, 0.1) is 0 Å². The number of para-hydroxylation sites is 4. The molecule has 6 heteroatoms. The minimum absolute atomic E-state index is 0.900. The number of furan rings is 2. The zero-order chi connectivity index (χ0) is 52.6. The third-order valence-electron chi connectivity index (χ3n) is 16.4. The molecule has 0 aliphatic heterocycles. The van der Waals surface area contributed by atoms with E-state index in [1.54, 1.807) is 0 Å². The second-order valence-electron chi connectivity index (χ2n) is 23.3. The van der Waals surface area contributed by atoms with Crippen molar-refractivity contribution in [2.75, 3.05) is 0 Å². The highest BCUT2D eigenvalue weighted by Gasteiger charge is 2.28. The van der Waals surface area contributed by atoms with Gasteiger partial charge in [0.1, 0.15) is 11.2 Å². The lowest BCUT2D eigenvalue weighted by molar-refractivity contribution is 0.668. The van der Waals surface area contributed by atoms with Gasteiger partial charge < -0.3 is 18.0 Å². The van der Waals surface area contributed by atoms with Crippen LogP contribution in [0.4, 0.5) is 0 Å². The maximum atomic E-state index is 7.37. The highest BCUT2D eigenvalue weighted by molar-refractivity contribution is 6.90. The minimum Gasteiger partial charge on any atom is -0.454 e. The molecule has 0 atom stereocenters.